The molecule has 0 aromatic rings. The van der Waals surface area contributed by atoms with Crippen LogP contribution in [0.4, 0.5) is 0 Å². The lowest BCUT2D eigenvalue weighted by Gasteiger charge is -2.28. The van der Waals surface area contributed by atoms with Crippen molar-refractivity contribution in [1.29, 1.82) is 0 Å². The summed E-state index contributed by atoms with van der Waals surface area (Å²) in [6.45, 7) is 8.98. The number of ether oxygens (including phenoxy) is 1. The Bertz CT molecular complexity index is 386. The summed E-state index contributed by atoms with van der Waals surface area (Å²) in [5, 5.41) is 2.74. The predicted molar refractivity (Wildman–Crippen MR) is 88.6 cm³/mol. The van der Waals surface area contributed by atoms with Crippen molar-refractivity contribution < 1.29 is 19.1 Å². The Labute approximate surface area is 138 Å². The van der Waals surface area contributed by atoms with Crippen molar-refractivity contribution in [3.8, 4) is 0 Å². The lowest BCUT2D eigenvalue weighted by atomic mass is 10.1. The first-order valence-corrected chi connectivity index (χ1v) is 8.31. The molecule has 0 aromatic heterocycles. The van der Waals surface area contributed by atoms with E-state index in [1.807, 2.05) is 13.8 Å². The molecule has 0 saturated heterocycles. The topological polar surface area (TPSA) is 102 Å². The summed E-state index contributed by atoms with van der Waals surface area (Å²) in [5.74, 6) is -1.08. The van der Waals surface area contributed by atoms with Gasteiger partial charge in [0, 0.05) is 13.1 Å². The number of esters is 1. The maximum Gasteiger partial charge on any atom is 0.307 e. The van der Waals surface area contributed by atoms with E-state index < -0.39 is 11.9 Å². The number of nitrogens with zero attached hydrogens (tertiary/aromatic N) is 1. The minimum Gasteiger partial charge on any atom is -0.463 e. The zero-order valence-electron chi connectivity index (χ0n) is 14.8. The van der Waals surface area contributed by atoms with Crippen LogP contribution in [0.25, 0.3) is 0 Å². The molecule has 0 unspecified atom stereocenters. The Hall–Kier alpha value is -1.63. The first-order valence-electron chi connectivity index (χ1n) is 8.31. The lowest BCUT2D eigenvalue weighted by Crippen LogP contribution is -2.48. The third-order valence-electron chi connectivity index (χ3n) is 3.20. The smallest absolute Gasteiger partial charge is 0.307 e. The molecule has 2 amide bonds. The molecule has 7 nitrogen and oxygen atoms in total. The molecule has 0 aliphatic carbocycles. The Morgan fingerprint density at radius 3 is 2.26 bits per heavy atom. The molecule has 3 N–H and O–H groups in total. The molecule has 0 bridgehead atoms. The highest BCUT2D eigenvalue weighted by Gasteiger charge is 2.26. The van der Waals surface area contributed by atoms with Crippen molar-refractivity contribution in [2.24, 2.45) is 5.73 Å². The molecule has 23 heavy (non-hydrogen) atoms. The molecule has 1 atom stereocenters. The normalized spacial score (nSPS) is 12.3. The zero-order chi connectivity index (χ0) is 17.8. The second kappa shape index (κ2) is 11.9. The van der Waals surface area contributed by atoms with Gasteiger partial charge in [-0.25, -0.2) is 0 Å². The zero-order valence-corrected chi connectivity index (χ0v) is 14.8. The van der Waals surface area contributed by atoms with E-state index >= 15 is 0 Å². The van der Waals surface area contributed by atoms with Gasteiger partial charge in [-0.2, -0.15) is 0 Å². The second-order valence-electron chi connectivity index (χ2n) is 5.80. The number of hydrogen-bond acceptors (Lipinski definition) is 5. The van der Waals surface area contributed by atoms with Crippen LogP contribution in [0.3, 0.4) is 0 Å². The first kappa shape index (κ1) is 21.4. The van der Waals surface area contributed by atoms with E-state index in [0.717, 1.165) is 12.8 Å². The fraction of sp³-hybridized carbons (Fsp3) is 0.812. The number of nitrogens with one attached hydrogen (secondary N) is 1. The molecule has 0 radical (unpaired) electrons. The van der Waals surface area contributed by atoms with Crippen LogP contribution in [-0.4, -0.2) is 54.5 Å². The lowest BCUT2D eigenvalue weighted by molar-refractivity contribution is -0.148. The SMILES string of the molecule is CCCNC(=O)C[C@H](C(N)=O)N(CCC)CCC(=O)OC(C)C. The van der Waals surface area contributed by atoms with Crippen LogP contribution in [0.2, 0.25) is 0 Å². The van der Waals surface area contributed by atoms with Gasteiger partial charge in [-0.15, -0.1) is 0 Å². The van der Waals surface area contributed by atoms with E-state index in [1.54, 1.807) is 18.7 Å². The number of amides is 2. The van der Waals surface area contributed by atoms with E-state index in [2.05, 4.69) is 5.32 Å². The van der Waals surface area contributed by atoms with Gasteiger partial charge < -0.3 is 15.8 Å². The first-order chi connectivity index (χ1) is 10.8. The third kappa shape index (κ3) is 9.89. The molecule has 0 aromatic carbocycles. The van der Waals surface area contributed by atoms with Gasteiger partial charge in [0.1, 0.15) is 0 Å². The highest BCUT2D eigenvalue weighted by Crippen LogP contribution is 2.08. The summed E-state index contributed by atoms with van der Waals surface area (Å²) in [6.07, 6.45) is 1.62. The van der Waals surface area contributed by atoms with Crippen molar-refractivity contribution in [2.45, 2.75) is 65.5 Å². The van der Waals surface area contributed by atoms with Crippen molar-refractivity contribution in [3.63, 3.8) is 0 Å². The van der Waals surface area contributed by atoms with Gasteiger partial charge in [-0.1, -0.05) is 13.8 Å². The standard InChI is InChI=1S/C16H31N3O4/c1-5-8-18-14(20)11-13(16(17)22)19(9-6-2)10-7-15(21)23-12(3)4/h12-13H,5-11H2,1-4H3,(H2,17,22)(H,18,20)/t13-/m1/s1. The molecule has 0 rings (SSSR count). The van der Waals surface area contributed by atoms with Gasteiger partial charge in [0.15, 0.2) is 0 Å². The summed E-state index contributed by atoms with van der Waals surface area (Å²) in [7, 11) is 0. The molecular formula is C16H31N3O4. The van der Waals surface area contributed by atoms with E-state index in [4.69, 9.17) is 10.5 Å². The highest BCUT2D eigenvalue weighted by atomic mass is 16.5. The summed E-state index contributed by atoms with van der Waals surface area (Å²) >= 11 is 0. The van der Waals surface area contributed by atoms with E-state index in [-0.39, 0.29) is 30.8 Å². The second-order valence-corrected chi connectivity index (χ2v) is 5.80. The molecule has 7 heteroatoms. The van der Waals surface area contributed by atoms with Crippen LogP contribution in [-0.2, 0) is 19.1 Å². The number of carbonyl (C=O) groups excluding carboxylic acids is 3. The maximum atomic E-state index is 11.9. The van der Waals surface area contributed by atoms with Crippen LogP contribution in [0.5, 0.6) is 0 Å². The monoisotopic (exact) mass is 329 g/mol. The van der Waals surface area contributed by atoms with Crippen molar-refractivity contribution in [2.75, 3.05) is 19.6 Å². The van der Waals surface area contributed by atoms with Gasteiger partial charge in [0.2, 0.25) is 11.8 Å². The van der Waals surface area contributed by atoms with Crippen molar-refractivity contribution in [1.82, 2.24) is 10.2 Å². The Morgan fingerprint density at radius 1 is 1.13 bits per heavy atom. The largest absolute Gasteiger partial charge is 0.463 e. The third-order valence-corrected chi connectivity index (χ3v) is 3.20. The van der Waals surface area contributed by atoms with Gasteiger partial charge >= 0.3 is 5.97 Å². The Morgan fingerprint density at radius 2 is 1.78 bits per heavy atom. The fourth-order valence-corrected chi connectivity index (χ4v) is 2.19. The van der Waals surface area contributed by atoms with Gasteiger partial charge in [-0.3, -0.25) is 19.3 Å². The van der Waals surface area contributed by atoms with E-state index in [1.165, 1.54) is 0 Å². The van der Waals surface area contributed by atoms with Crippen LogP contribution in [0, 0.1) is 0 Å². The summed E-state index contributed by atoms with van der Waals surface area (Å²) in [6, 6.07) is -0.710. The van der Waals surface area contributed by atoms with Gasteiger partial charge in [-0.05, 0) is 33.2 Å². The molecule has 0 aliphatic heterocycles. The Kier molecular flexibility index (Phi) is 11.0. The maximum absolute atomic E-state index is 11.9. The number of nitrogens with two attached hydrogens (primary N) is 1. The van der Waals surface area contributed by atoms with Crippen LogP contribution in [0.15, 0.2) is 0 Å². The quantitative estimate of drug-likeness (QED) is 0.516. The molecule has 0 aliphatic rings. The molecule has 0 heterocycles. The number of primary amides is 1. The minimum absolute atomic E-state index is 0.00849. The van der Waals surface area contributed by atoms with Crippen LogP contribution >= 0.6 is 0 Å². The molecule has 134 valence electrons. The summed E-state index contributed by atoms with van der Waals surface area (Å²) < 4.78 is 5.09. The van der Waals surface area contributed by atoms with Crippen molar-refractivity contribution >= 4 is 17.8 Å². The average Bonchev–Trinajstić information content (AvgIpc) is 2.46. The molecular weight excluding hydrogens is 298 g/mol. The summed E-state index contributed by atoms with van der Waals surface area (Å²) in [5.41, 5.74) is 5.46. The molecule has 0 spiro atoms. The predicted octanol–water partition coefficient (Wildman–Crippen LogP) is 0.810. The number of hydrogen-bond donors (Lipinski definition) is 2. The van der Waals surface area contributed by atoms with Gasteiger partial charge in [0.05, 0.1) is 25.0 Å². The molecule has 0 fully saturated rings. The fourth-order valence-electron chi connectivity index (χ4n) is 2.19. The molecule has 0 saturated carbocycles. The minimum atomic E-state index is -0.710. The van der Waals surface area contributed by atoms with Crippen molar-refractivity contribution in [3.05, 3.63) is 0 Å². The van der Waals surface area contributed by atoms with Crippen LogP contribution < -0.4 is 11.1 Å². The van der Waals surface area contributed by atoms with E-state index in [0.29, 0.717) is 19.6 Å². The average molecular weight is 329 g/mol. The highest BCUT2D eigenvalue weighted by molar-refractivity contribution is 5.87. The van der Waals surface area contributed by atoms with E-state index in [9.17, 15) is 14.4 Å². The van der Waals surface area contributed by atoms with Crippen LogP contribution in [0.1, 0.15) is 53.4 Å². The van der Waals surface area contributed by atoms with Gasteiger partial charge in [0.25, 0.3) is 0 Å². The summed E-state index contributed by atoms with van der Waals surface area (Å²) in [4.78, 5) is 37.1. The Balaban J connectivity index is 4.72. The number of carbonyl (C=O) groups is 3. The number of rotatable bonds is 12.